The van der Waals surface area contributed by atoms with Crippen LogP contribution in [0.3, 0.4) is 0 Å². The Bertz CT molecular complexity index is 334. The molecule has 2 aliphatic carbocycles. The van der Waals surface area contributed by atoms with Gasteiger partial charge in [-0.3, -0.25) is 0 Å². The van der Waals surface area contributed by atoms with E-state index in [2.05, 4.69) is 54.5 Å². The molecular weight excluding hydrogens is 216 g/mol. The monoisotopic (exact) mass is 248 g/mol. The van der Waals surface area contributed by atoms with Crippen LogP contribution in [-0.4, -0.2) is 0 Å². The molecule has 0 bridgehead atoms. The molecule has 18 heavy (non-hydrogen) atoms. The zero-order valence-electron chi connectivity index (χ0n) is 13.6. The number of hydrogen-bond donors (Lipinski definition) is 0. The minimum Gasteiger partial charge on any atom is -0.0856 e. The van der Waals surface area contributed by atoms with E-state index >= 15 is 0 Å². The van der Waals surface area contributed by atoms with Gasteiger partial charge < -0.3 is 0 Å². The highest BCUT2D eigenvalue weighted by Gasteiger charge is 2.25. The zero-order valence-corrected chi connectivity index (χ0v) is 13.6. The lowest BCUT2D eigenvalue weighted by atomic mass is 9.78. The summed E-state index contributed by atoms with van der Waals surface area (Å²) >= 11 is 0. The van der Waals surface area contributed by atoms with Gasteiger partial charge >= 0.3 is 0 Å². The van der Waals surface area contributed by atoms with Crippen LogP contribution in [0.4, 0.5) is 0 Å². The molecule has 0 aromatic rings. The predicted molar refractivity (Wildman–Crippen MR) is 82.8 cm³/mol. The largest absolute Gasteiger partial charge is 0.0856 e. The molecule has 0 heterocycles. The van der Waals surface area contributed by atoms with Gasteiger partial charge in [-0.25, -0.2) is 0 Å². The molecule has 0 aliphatic heterocycles. The lowest BCUT2D eigenvalue weighted by molar-refractivity contribution is 0.320. The number of allylic oxidation sites excluding steroid dienone is 4. The summed E-state index contributed by atoms with van der Waals surface area (Å²) in [6.07, 6.45) is 8.93. The fourth-order valence-electron chi connectivity index (χ4n) is 3.42. The second-order valence-electron chi connectivity index (χ2n) is 8.01. The van der Waals surface area contributed by atoms with Crippen molar-refractivity contribution in [2.75, 3.05) is 0 Å². The molecule has 0 nitrogen and oxygen atoms in total. The van der Waals surface area contributed by atoms with Crippen LogP contribution >= 0.6 is 0 Å². The first-order chi connectivity index (χ1) is 8.11. The molecule has 104 valence electrons. The van der Waals surface area contributed by atoms with Crippen LogP contribution in [-0.2, 0) is 0 Å². The molecule has 0 aromatic heterocycles. The van der Waals surface area contributed by atoms with E-state index in [1.54, 1.807) is 16.7 Å². The topological polar surface area (TPSA) is 0 Å². The summed E-state index contributed by atoms with van der Waals surface area (Å²) in [5.41, 5.74) is 5.94. The fourth-order valence-corrected chi connectivity index (χ4v) is 3.42. The van der Waals surface area contributed by atoms with Crippen LogP contribution in [0.2, 0.25) is 0 Å². The second-order valence-corrected chi connectivity index (χ2v) is 8.01. The molecule has 0 radical (unpaired) electrons. The van der Waals surface area contributed by atoms with E-state index in [0.717, 1.165) is 0 Å². The lowest BCUT2D eigenvalue weighted by Gasteiger charge is -2.28. The molecule has 0 atom stereocenters. The van der Waals surface area contributed by atoms with E-state index in [4.69, 9.17) is 0 Å². The average Bonchev–Trinajstić information content (AvgIpc) is 2.36. The molecule has 0 aromatic carbocycles. The van der Waals surface area contributed by atoms with E-state index in [-0.39, 0.29) is 0 Å². The number of rotatable bonds is 0. The SMILES string of the molecule is CC1=C(C)CC(C)(C)C1.CC1=CCCC(C)(C)C1. The lowest BCUT2D eigenvalue weighted by Crippen LogP contribution is -2.14. The molecular formula is C18H32. The summed E-state index contributed by atoms with van der Waals surface area (Å²) in [5.74, 6) is 0. The van der Waals surface area contributed by atoms with Crippen LogP contribution in [0.25, 0.3) is 0 Å². The summed E-state index contributed by atoms with van der Waals surface area (Å²) in [7, 11) is 0. The van der Waals surface area contributed by atoms with Gasteiger partial charge in [-0.15, -0.1) is 0 Å². The van der Waals surface area contributed by atoms with Gasteiger partial charge in [-0.05, 0) is 63.7 Å². The Labute approximate surface area is 115 Å². The highest BCUT2D eigenvalue weighted by Crippen LogP contribution is 2.40. The van der Waals surface area contributed by atoms with Crippen molar-refractivity contribution in [2.24, 2.45) is 10.8 Å². The van der Waals surface area contributed by atoms with Gasteiger partial charge in [0.25, 0.3) is 0 Å². The van der Waals surface area contributed by atoms with Gasteiger partial charge in [-0.1, -0.05) is 50.5 Å². The Hall–Kier alpha value is -0.520. The van der Waals surface area contributed by atoms with Gasteiger partial charge in [0.05, 0.1) is 0 Å². The Kier molecular flexibility index (Phi) is 4.86. The van der Waals surface area contributed by atoms with Crippen molar-refractivity contribution < 1.29 is 0 Å². The summed E-state index contributed by atoms with van der Waals surface area (Å²) < 4.78 is 0. The molecule has 0 heteroatoms. The minimum absolute atomic E-state index is 0.564. The Morgan fingerprint density at radius 2 is 1.28 bits per heavy atom. The van der Waals surface area contributed by atoms with E-state index in [9.17, 15) is 0 Å². The Balaban J connectivity index is 0.000000180. The summed E-state index contributed by atoms with van der Waals surface area (Å²) in [5, 5.41) is 0. The van der Waals surface area contributed by atoms with Gasteiger partial charge in [0.2, 0.25) is 0 Å². The van der Waals surface area contributed by atoms with Crippen LogP contribution in [0, 0.1) is 10.8 Å². The van der Waals surface area contributed by atoms with Gasteiger partial charge in [0.1, 0.15) is 0 Å². The van der Waals surface area contributed by atoms with Crippen molar-refractivity contribution >= 4 is 0 Å². The van der Waals surface area contributed by atoms with Crippen LogP contribution in [0.5, 0.6) is 0 Å². The Morgan fingerprint density at radius 1 is 0.778 bits per heavy atom. The van der Waals surface area contributed by atoms with Crippen molar-refractivity contribution in [3.63, 3.8) is 0 Å². The third-order valence-corrected chi connectivity index (χ3v) is 4.29. The average molecular weight is 248 g/mol. The summed E-state index contributed by atoms with van der Waals surface area (Å²) in [4.78, 5) is 0. The van der Waals surface area contributed by atoms with Crippen molar-refractivity contribution in [1.82, 2.24) is 0 Å². The van der Waals surface area contributed by atoms with Crippen molar-refractivity contribution in [1.29, 1.82) is 0 Å². The van der Waals surface area contributed by atoms with E-state index in [1.165, 1.54) is 32.1 Å². The van der Waals surface area contributed by atoms with Gasteiger partial charge in [0.15, 0.2) is 0 Å². The van der Waals surface area contributed by atoms with E-state index < -0.39 is 0 Å². The van der Waals surface area contributed by atoms with E-state index in [1.807, 2.05) is 0 Å². The molecule has 0 saturated heterocycles. The summed E-state index contributed by atoms with van der Waals surface area (Å²) in [6, 6.07) is 0. The molecule has 0 amide bonds. The first-order valence-electron chi connectivity index (χ1n) is 7.42. The van der Waals surface area contributed by atoms with Crippen molar-refractivity contribution in [3.8, 4) is 0 Å². The summed E-state index contributed by atoms with van der Waals surface area (Å²) in [6.45, 7) is 16.1. The quantitative estimate of drug-likeness (QED) is 0.442. The molecule has 0 saturated carbocycles. The van der Waals surface area contributed by atoms with E-state index in [0.29, 0.717) is 10.8 Å². The maximum absolute atomic E-state index is 2.37. The van der Waals surface area contributed by atoms with Crippen LogP contribution in [0.1, 0.15) is 80.6 Å². The molecule has 0 unspecified atom stereocenters. The van der Waals surface area contributed by atoms with Gasteiger partial charge in [-0.2, -0.15) is 0 Å². The molecule has 2 rings (SSSR count). The third-order valence-electron chi connectivity index (χ3n) is 4.29. The van der Waals surface area contributed by atoms with Crippen molar-refractivity contribution in [3.05, 3.63) is 22.8 Å². The maximum atomic E-state index is 2.37. The molecule has 2 aliphatic rings. The van der Waals surface area contributed by atoms with Crippen LogP contribution < -0.4 is 0 Å². The predicted octanol–water partition coefficient (Wildman–Crippen LogP) is 6.29. The first kappa shape index (κ1) is 15.5. The standard InChI is InChI=1S/2C9H16/c1-7-5-9(3,4)6-8(7)2;1-8-5-4-6-9(2,3)7-8/h5-6H2,1-4H3;5H,4,6-7H2,1-3H3. The van der Waals surface area contributed by atoms with Crippen LogP contribution in [0.15, 0.2) is 22.8 Å². The molecule has 0 N–H and O–H groups in total. The molecule has 0 fully saturated rings. The van der Waals surface area contributed by atoms with Crippen molar-refractivity contribution in [2.45, 2.75) is 80.6 Å². The first-order valence-corrected chi connectivity index (χ1v) is 7.42. The molecule has 0 spiro atoms. The highest BCUT2D eigenvalue weighted by molar-refractivity contribution is 5.19. The highest BCUT2D eigenvalue weighted by atomic mass is 14.3. The maximum Gasteiger partial charge on any atom is -0.0266 e. The third kappa shape index (κ3) is 5.00. The smallest absolute Gasteiger partial charge is 0.0266 e. The Morgan fingerprint density at radius 3 is 1.50 bits per heavy atom. The van der Waals surface area contributed by atoms with Gasteiger partial charge in [0, 0.05) is 0 Å². The fraction of sp³-hybridized carbons (Fsp3) is 0.778. The minimum atomic E-state index is 0.564. The zero-order chi connectivity index (χ0) is 14.0. The second kappa shape index (κ2) is 5.63. The number of hydrogen-bond acceptors (Lipinski definition) is 0. The normalized spacial score (nSPS) is 25.4.